The van der Waals surface area contributed by atoms with Gasteiger partial charge in [0.05, 0.1) is 11.4 Å². The highest BCUT2D eigenvalue weighted by Gasteiger charge is 2.23. The number of rotatable bonds is 3. The molecule has 2 aromatic carbocycles. The molecule has 138 valence electrons. The number of hydrogen-bond donors (Lipinski definition) is 4. The molecule has 4 N–H and O–H groups in total. The Morgan fingerprint density at radius 3 is 2.63 bits per heavy atom. The molecular weight excluding hydrogens is 356 g/mol. The third kappa shape index (κ3) is 3.57. The standard InChI is InChI=1S/C18H15F2N5O2/c19-10-3-1-9(2-4-10)17(27)23-18(21-11-5-6-11)22-16-14-12(20)7-8-13(26)15(14)24-25-16/h1-4,7-8,11,26H,5-6H2,(H3,21,22,23,24,25,27). The number of nitrogens with zero attached hydrogens (tertiary/aromatic N) is 2. The molecule has 0 atom stereocenters. The van der Waals surface area contributed by atoms with Crippen LogP contribution in [-0.2, 0) is 0 Å². The Bertz CT molecular complexity index is 1040. The third-order valence-electron chi connectivity index (χ3n) is 4.08. The molecular formula is C18H15F2N5O2. The summed E-state index contributed by atoms with van der Waals surface area (Å²) in [6, 6.07) is 7.45. The number of aromatic hydroxyl groups is 1. The van der Waals surface area contributed by atoms with Crippen LogP contribution in [0.3, 0.4) is 0 Å². The minimum absolute atomic E-state index is 0.0505. The van der Waals surface area contributed by atoms with Crippen LogP contribution in [0.1, 0.15) is 23.2 Å². The molecule has 0 saturated heterocycles. The summed E-state index contributed by atoms with van der Waals surface area (Å²) < 4.78 is 27.2. The van der Waals surface area contributed by atoms with Crippen molar-refractivity contribution in [3.63, 3.8) is 0 Å². The highest BCUT2D eigenvalue weighted by atomic mass is 19.1. The fourth-order valence-electron chi connectivity index (χ4n) is 2.54. The van der Waals surface area contributed by atoms with Crippen LogP contribution >= 0.6 is 0 Å². The number of anilines is 1. The van der Waals surface area contributed by atoms with E-state index in [1.807, 2.05) is 0 Å². The van der Waals surface area contributed by atoms with E-state index in [0.29, 0.717) is 0 Å². The van der Waals surface area contributed by atoms with E-state index in [0.717, 1.165) is 18.9 Å². The molecule has 3 aromatic rings. The van der Waals surface area contributed by atoms with Gasteiger partial charge in [0.25, 0.3) is 5.91 Å². The van der Waals surface area contributed by atoms with Gasteiger partial charge in [-0.15, -0.1) is 0 Å². The van der Waals surface area contributed by atoms with Crippen molar-refractivity contribution in [3.8, 4) is 5.75 Å². The number of aromatic amines is 1. The highest BCUT2D eigenvalue weighted by molar-refractivity contribution is 6.12. The Morgan fingerprint density at radius 2 is 1.93 bits per heavy atom. The smallest absolute Gasteiger partial charge is 0.257 e. The number of aromatic nitrogens is 2. The van der Waals surface area contributed by atoms with Crippen LogP contribution in [0.2, 0.25) is 0 Å². The zero-order valence-electron chi connectivity index (χ0n) is 14.0. The molecule has 0 aliphatic heterocycles. The predicted octanol–water partition coefficient (Wildman–Crippen LogP) is 2.91. The van der Waals surface area contributed by atoms with Crippen molar-refractivity contribution < 1.29 is 18.7 Å². The highest BCUT2D eigenvalue weighted by Crippen LogP contribution is 2.30. The number of carbonyl (C=O) groups excluding carboxylic acids is 1. The van der Waals surface area contributed by atoms with Gasteiger partial charge in [-0.2, -0.15) is 5.10 Å². The lowest BCUT2D eigenvalue weighted by molar-refractivity contribution is 0.0977. The first-order valence-corrected chi connectivity index (χ1v) is 8.28. The molecule has 1 heterocycles. The molecule has 0 spiro atoms. The lowest BCUT2D eigenvalue weighted by Gasteiger charge is -2.10. The van der Waals surface area contributed by atoms with Crippen LogP contribution < -0.4 is 10.6 Å². The summed E-state index contributed by atoms with van der Waals surface area (Å²) >= 11 is 0. The molecule has 1 saturated carbocycles. The average Bonchev–Trinajstić information content (AvgIpc) is 3.35. The molecule has 0 bridgehead atoms. The van der Waals surface area contributed by atoms with E-state index in [2.05, 4.69) is 25.8 Å². The number of carbonyl (C=O) groups is 1. The number of guanidine groups is 1. The van der Waals surface area contributed by atoms with Gasteiger partial charge < -0.3 is 10.4 Å². The quantitative estimate of drug-likeness (QED) is 0.420. The molecule has 1 fully saturated rings. The largest absolute Gasteiger partial charge is 0.506 e. The summed E-state index contributed by atoms with van der Waals surface area (Å²) in [6.07, 6.45) is 1.77. The first kappa shape index (κ1) is 17.0. The predicted molar refractivity (Wildman–Crippen MR) is 95.7 cm³/mol. The summed E-state index contributed by atoms with van der Waals surface area (Å²) in [4.78, 5) is 16.8. The third-order valence-corrected chi connectivity index (χ3v) is 4.08. The normalized spacial score (nSPS) is 14.4. The molecule has 1 aliphatic carbocycles. The van der Waals surface area contributed by atoms with Crippen molar-refractivity contribution in [1.29, 1.82) is 0 Å². The number of aliphatic imine (C=N–C) groups is 1. The van der Waals surface area contributed by atoms with E-state index in [1.54, 1.807) is 0 Å². The van der Waals surface area contributed by atoms with Crippen LogP contribution in [-0.4, -0.2) is 33.2 Å². The zero-order chi connectivity index (χ0) is 19.0. The van der Waals surface area contributed by atoms with Crippen molar-refractivity contribution in [3.05, 3.63) is 53.6 Å². The van der Waals surface area contributed by atoms with E-state index in [4.69, 9.17) is 0 Å². The number of amides is 1. The Balaban J connectivity index is 1.61. The fraction of sp³-hybridized carbons (Fsp3) is 0.167. The number of hydrogen-bond acceptors (Lipinski definition) is 4. The van der Waals surface area contributed by atoms with Gasteiger partial charge in [0, 0.05) is 5.56 Å². The second-order valence-corrected chi connectivity index (χ2v) is 6.18. The summed E-state index contributed by atoms with van der Waals surface area (Å²) in [6.45, 7) is 0. The number of nitrogens with one attached hydrogen (secondary N) is 3. The van der Waals surface area contributed by atoms with Crippen LogP contribution in [0.5, 0.6) is 5.75 Å². The van der Waals surface area contributed by atoms with Gasteiger partial charge in [0.15, 0.2) is 5.82 Å². The molecule has 0 unspecified atom stereocenters. The molecule has 4 rings (SSSR count). The maximum Gasteiger partial charge on any atom is 0.257 e. The second kappa shape index (κ2) is 6.67. The number of fused-ring (bicyclic) bond motifs is 1. The second-order valence-electron chi connectivity index (χ2n) is 6.18. The van der Waals surface area contributed by atoms with Crippen LogP contribution in [0.15, 0.2) is 41.4 Å². The van der Waals surface area contributed by atoms with Gasteiger partial charge in [0.1, 0.15) is 22.9 Å². The minimum Gasteiger partial charge on any atom is -0.506 e. The summed E-state index contributed by atoms with van der Waals surface area (Å²) in [5.41, 5.74) is 0.380. The van der Waals surface area contributed by atoms with Gasteiger partial charge in [-0.1, -0.05) is 0 Å². The maximum absolute atomic E-state index is 14.2. The van der Waals surface area contributed by atoms with E-state index < -0.39 is 17.5 Å². The Labute approximate surface area is 152 Å². The summed E-state index contributed by atoms with van der Waals surface area (Å²) in [7, 11) is 0. The number of halogens is 2. The molecule has 1 aliphatic rings. The molecule has 7 nitrogen and oxygen atoms in total. The fourth-order valence-corrected chi connectivity index (χ4v) is 2.54. The Kier molecular flexibility index (Phi) is 4.19. The van der Waals surface area contributed by atoms with E-state index in [1.165, 1.54) is 30.3 Å². The molecule has 27 heavy (non-hydrogen) atoms. The maximum atomic E-state index is 14.2. The Morgan fingerprint density at radius 1 is 1.19 bits per heavy atom. The zero-order valence-corrected chi connectivity index (χ0v) is 14.0. The number of phenolic OH excluding ortho intramolecular Hbond substituents is 1. The summed E-state index contributed by atoms with van der Waals surface area (Å²) in [5.74, 6) is -1.50. The van der Waals surface area contributed by atoms with Crippen molar-refractivity contribution in [1.82, 2.24) is 15.5 Å². The average molecular weight is 371 g/mol. The summed E-state index contributed by atoms with van der Waals surface area (Å²) in [5, 5.41) is 21.8. The van der Waals surface area contributed by atoms with Gasteiger partial charge >= 0.3 is 0 Å². The SMILES string of the molecule is O=C(NC(=NC1CC1)Nc1n[nH]c2c(O)ccc(F)c12)c1ccc(F)cc1. The first-order valence-electron chi connectivity index (χ1n) is 8.28. The monoisotopic (exact) mass is 371 g/mol. The van der Waals surface area contributed by atoms with Crippen LogP contribution in [0, 0.1) is 11.6 Å². The minimum atomic E-state index is -0.588. The van der Waals surface area contributed by atoms with Gasteiger partial charge in [-0.3, -0.25) is 15.2 Å². The number of phenols is 1. The number of H-pyrrole nitrogens is 1. The molecule has 1 aromatic heterocycles. The lowest BCUT2D eigenvalue weighted by Crippen LogP contribution is -2.36. The van der Waals surface area contributed by atoms with Crippen molar-refractivity contribution in [2.45, 2.75) is 18.9 Å². The van der Waals surface area contributed by atoms with Crippen molar-refractivity contribution in [2.75, 3.05) is 5.32 Å². The van der Waals surface area contributed by atoms with Crippen LogP contribution in [0.25, 0.3) is 10.9 Å². The van der Waals surface area contributed by atoms with Crippen molar-refractivity contribution in [2.24, 2.45) is 4.99 Å². The lowest BCUT2D eigenvalue weighted by atomic mass is 10.2. The van der Waals surface area contributed by atoms with Gasteiger partial charge in [0.2, 0.25) is 5.96 Å². The van der Waals surface area contributed by atoms with Gasteiger partial charge in [-0.05, 0) is 49.2 Å². The topological polar surface area (TPSA) is 102 Å². The van der Waals surface area contributed by atoms with Gasteiger partial charge in [-0.25, -0.2) is 13.8 Å². The number of benzene rings is 2. The van der Waals surface area contributed by atoms with E-state index >= 15 is 0 Å². The van der Waals surface area contributed by atoms with E-state index in [9.17, 15) is 18.7 Å². The Hall–Kier alpha value is -3.49. The molecule has 1 amide bonds. The van der Waals surface area contributed by atoms with Crippen LogP contribution in [0.4, 0.5) is 14.6 Å². The molecule has 0 radical (unpaired) electrons. The molecule has 9 heteroatoms. The first-order chi connectivity index (χ1) is 13.0. The van der Waals surface area contributed by atoms with Crippen molar-refractivity contribution >= 4 is 28.6 Å². The van der Waals surface area contributed by atoms with E-state index in [-0.39, 0.29) is 40.0 Å².